The van der Waals surface area contributed by atoms with Crippen molar-refractivity contribution in [3.63, 3.8) is 0 Å². The van der Waals surface area contributed by atoms with E-state index >= 15 is 0 Å². The highest BCUT2D eigenvalue weighted by Gasteiger charge is 1.90. The first-order chi connectivity index (χ1) is 3.68. The molecule has 0 saturated carbocycles. The summed E-state index contributed by atoms with van der Waals surface area (Å²) >= 11 is 0. The molecule has 0 aromatic rings. The molecule has 44 valence electrons. The smallest absolute Gasteiger partial charge is 0.106 e. The fourth-order valence-electron chi connectivity index (χ4n) is 0.213. The van der Waals surface area contributed by atoms with Gasteiger partial charge in [-0.05, 0) is 12.5 Å². The molecule has 2 nitrogen and oxygen atoms in total. The van der Waals surface area contributed by atoms with Gasteiger partial charge in [0.2, 0.25) is 0 Å². The van der Waals surface area contributed by atoms with Gasteiger partial charge in [0.05, 0.1) is 0 Å². The molecule has 0 heterocycles. The summed E-state index contributed by atoms with van der Waals surface area (Å²) in [6, 6.07) is 0. The van der Waals surface area contributed by atoms with Crippen molar-refractivity contribution in [1.29, 1.82) is 0 Å². The van der Waals surface area contributed by atoms with Crippen molar-refractivity contribution in [2.75, 3.05) is 6.54 Å². The van der Waals surface area contributed by atoms with Crippen LogP contribution >= 0.6 is 0 Å². The Hall–Kier alpha value is -0.920. The Morgan fingerprint density at radius 1 is 1.62 bits per heavy atom. The van der Waals surface area contributed by atoms with Crippen LogP contribution in [0, 0.1) is 4.91 Å². The SMILES string of the molecule is C=C(C)C(=C)CN=O. The number of rotatable bonds is 3. The number of nitroso groups, excluding NO2 is 1. The minimum atomic E-state index is 0.162. The number of hydrogen-bond acceptors (Lipinski definition) is 2. The van der Waals surface area contributed by atoms with Crippen molar-refractivity contribution in [1.82, 2.24) is 0 Å². The van der Waals surface area contributed by atoms with Crippen LogP contribution in [0.5, 0.6) is 0 Å². The average molecular weight is 111 g/mol. The second kappa shape index (κ2) is 3.13. The second-order valence-corrected chi connectivity index (χ2v) is 1.67. The zero-order valence-corrected chi connectivity index (χ0v) is 4.98. The van der Waals surface area contributed by atoms with Crippen LogP contribution in [0.3, 0.4) is 0 Å². The maximum atomic E-state index is 9.57. The molecule has 0 aliphatic rings. The summed E-state index contributed by atoms with van der Waals surface area (Å²) in [5.41, 5.74) is 1.53. The van der Waals surface area contributed by atoms with E-state index < -0.39 is 0 Å². The third kappa shape index (κ3) is 2.29. The normalized spacial score (nSPS) is 8.12. The lowest BCUT2D eigenvalue weighted by Gasteiger charge is -1.93. The van der Waals surface area contributed by atoms with E-state index in [1.807, 2.05) is 0 Å². The summed E-state index contributed by atoms with van der Waals surface area (Å²) in [5, 5.41) is 2.65. The average Bonchev–Trinajstić information content (AvgIpc) is 1.67. The summed E-state index contributed by atoms with van der Waals surface area (Å²) < 4.78 is 0. The van der Waals surface area contributed by atoms with Gasteiger partial charge >= 0.3 is 0 Å². The molecular weight excluding hydrogens is 102 g/mol. The molecule has 0 bridgehead atoms. The Morgan fingerprint density at radius 3 is 2.25 bits per heavy atom. The van der Waals surface area contributed by atoms with Crippen molar-refractivity contribution in [2.24, 2.45) is 5.18 Å². The van der Waals surface area contributed by atoms with E-state index in [1.54, 1.807) is 6.92 Å². The lowest BCUT2D eigenvalue weighted by Crippen LogP contribution is -1.84. The predicted molar refractivity (Wildman–Crippen MR) is 34.6 cm³/mol. The monoisotopic (exact) mass is 111 g/mol. The van der Waals surface area contributed by atoms with Gasteiger partial charge in [-0.3, -0.25) is 0 Å². The summed E-state index contributed by atoms with van der Waals surface area (Å²) in [6.07, 6.45) is 0. The number of hydrogen-bond donors (Lipinski definition) is 0. The largest absolute Gasteiger partial charge is 0.150 e. The molecule has 0 atom stereocenters. The van der Waals surface area contributed by atoms with Gasteiger partial charge in [-0.25, -0.2) is 0 Å². The van der Waals surface area contributed by atoms with Crippen LogP contribution in [-0.4, -0.2) is 6.54 Å². The minimum Gasteiger partial charge on any atom is -0.150 e. The van der Waals surface area contributed by atoms with Gasteiger partial charge in [0.15, 0.2) is 0 Å². The molecule has 0 fully saturated rings. The van der Waals surface area contributed by atoms with E-state index in [1.165, 1.54) is 0 Å². The molecule has 0 aliphatic carbocycles. The standard InChI is InChI=1S/C6H9NO/c1-5(2)6(3)4-7-8/h1,3-4H2,2H3. The van der Waals surface area contributed by atoms with Gasteiger partial charge in [-0.15, -0.1) is 0 Å². The molecule has 0 radical (unpaired) electrons. The van der Waals surface area contributed by atoms with E-state index in [2.05, 4.69) is 18.3 Å². The van der Waals surface area contributed by atoms with Crippen molar-refractivity contribution < 1.29 is 0 Å². The fraction of sp³-hybridized carbons (Fsp3) is 0.333. The van der Waals surface area contributed by atoms with Gasteiger partial charge in [0.1, 0.15) is 6.54 Å². The maximum absolute atomic E-state index is 9.57. The van der Waals surface area contributed by atoms with E-state index in [4.69, 9.17) is 0 Å². The van der Waals surface area contributed by atoms with Gasteiger partial charge < -0.3 is 0 Å². The van der Waals surface area contributed by atoms with Gasteiger partial charge in [-0.1, -0.05) is 23.9 Å². The first-order valence-corrected chi connectivity index (χ1v) is 2.31. The molecule has 0 saturated heterocycles. The molecule has 0 rings (SSSR count). The third-order valence-electron chi connectivity index (χ3n) is 0.859. The van der Waals surface area contributed by atoms with Crippen LogP contribution in [0.1, 0.15) is 6.92 Å². The second-order valence-electron chi connectivity index (χ2n) is 1.67. The Labute approximate surface area is 48.9 Å². The van der Waals surface area contributed by atoms with E-state index in [0.717, 1.165) is 5.57 Å². The lowest BCUT2D eigenvalue weighted by atomic mass is 10.2. The van der Waals surface area contributed by atoms with E-state index in [0.29, 0.717) is 5.57 Å². The van der Waals surface area contributed by atoms with Gasteiger partial charge in [0, 0.05) is 0 Å². The highest BCUT2D eigenvalue weighted by Crippen LogP contribution is 2.01. The lowest BCUT2D eigenvalue weighted by molar-refractivity contribution is 1.14. The highest BCUT2D eigenvalue weighted by atomic mass is 16.3. The van der Waals surface area contributed by atoms with E-state index in [-0.39, 0.29) is 6.54 Å². The topological polar surface area (TPSA) is 29.4 Å². The summed E-state index contributed by atoms with van der Waals surface area (Å²) in [5.74, 6) is 0. The molecule has 8 heavy (non-hydrogen) atoms. The molecule has 0 spiro atoms. The summed E-state index contributed by atoms with van der Waals surface area (Å²) in [6.45, 7) is 9.09. The summed E-state index contributed by atoms with van der Waals surface area (Å²) in [7, 11) is 0. The molecule has 0 aliphatic heterocycles. The van der Waals surface area contributed by atoms with Crippen LogP contribution in [0.4, 0.5) is 0 Å². The van der Waals surface area contributed by atoms with Crippen molar-refractivity contribution in [3.8, 4) is 0 Å². The molecular formula is C6H9NO. The van der Waals surface area contributed by atoms with Crippen LogP contribution in [-0.2, 0) is 0 Å². The van der Waals surface area contributed by atoms with Crippen LogP contribution < -0.4 is 0 Å². The molecule has 0 unspecified atom stereocenters. The van der Waals surface area contributed by atoms with Crippen LogP contribution in [0.25, 0.3) is 0 Å². The molecule has 0 N–H and O–H groups in total. The Morgan fingerprint density at radius 2 is 2.12 bits per heavy atom. The maximum Gasteiger partial charge on any atom is 0.106 e. The van der Waals surface area contributed by atoms with Crippen molar-refractivity contribution in [3.05, 3.63) is 29.2 Å². The van der Waals surface area contributed by atoms with Crippen molar-refractivity contribution >= 4 is 0 Å². The Kier molecular flexibility index (Phi) is 2.77. The first kappa shape index (κ1) is 7.08. The van der Waals surface area contributed by atoms with Gasteiger partial charge in [-0.2, -0.15) is 4.91 Å². The van der Waals surface area contributed by atoms with Gasteiger partial charge in [0.25, 0.3) is 0 Å². The fourth-order valence-corrected chi connectivity index (χ4v) is 0.213. The molecule has 0 aromatic heterocycles. The van der Waals surface area contributed by atoms with E-state index in [9.17, 15) is 4.91 Å². The van der Waals surface area contributed by atoms with Crippen LogP contribution in [0.2, 0.25) is 0 Å². The first-order valence-electron chi connectivity index (χ1n) is 2.31. The molecule has 0 amide bonds. The summed E-state index contributed by atoms with van der Waals surface area (Å²) in [4.78, 5) is 9.57. The highest BCUT2D eigenvalue weighted by molar-refractivity contribution is 5.23. The number of nitrogens with zero attached hydrogens (tertiary/aromatic N) is 1. The minimum absolute atomic E-state index is 0.162. The molecule has 2 heteroatoms. The quantitative estimate of drug-likeness (QED) is 0.404. The third-order valence-corrected chi connectivity index (χ3v) is 0.859. The zero-order valence-electron chi connectivity index (χ0n) is 4.98. The molecule has 0 aromatic carbocycles. The Bertz CT molecular complexity index is 126. The van der Waals surface area contributed by atoms with Crippen LogP contribution in [0.15, 0.2) is 29.5 Å². The van der Waals surface area contributed by atoms with Crippen molar-refractivity contribution in [2.45, 2.75) is 6.92 Å². The predicted octanol–water partition coefficient (Wildman–Crippen LogP) is 1.89. The Balaban J connectivity index is 3.65. The zero-order chi connectivity index (χ0) is 6.57.